The van der Waals surface area contributed by atoms with Crippen molar-refractivity contribution >= 4 is 11.6 Å². The summed E-state index contributed by atoms with van der Waals surface area (Å²) in [5.41, 5.74) is 4.89. The molecule has 1 aliphatic rings. The average Bonchev–Trinajstić information content (AvgIpc) is 2.11. The first-order valence-electron chi connectivity index (χ1n) is 4.54. The zero-order chi connectivity index (χ0) is 10.9. The highest BCUT2D eigenvalue weighted by Crippen LogP contribution is 2.23. The Morgan fingerprint density at radius 3 is 2.73 bits per heavy atom. The van der Waals surface area contributed by atoms with Gasteiger partial charge in [0, 0.05) is 5.69 Å². The molecule has 0 unspecified atom stereocenters. The summed E-state index contributed by atoms with van der Waals surface area (Å²) in [4.78, 5) is 11.2. The minimum atomic E-state index is -0.881. The molecule has 0 radical (unpaired) electrons. The van der Waals surface area contributed by atoms with E-state index in [-0.39, 0.29) is 19.0 Å². The van der Waals surface area contributed by atoms with Crippen LogP contribution in [0.25, 0.3) is 0 Å². The molecule has 0 bridgehead atoms. The monoisotopic (exact) mass is 210 g/mol. The van der Waals surface area contributed by atoms with Gasteiger partial charge in [-0.05, 0) is 18.2 Å². The summed E-state index contributed by atoms with van der Waals surface area (Å²) >= 11 is 0. The van der Waals surface area contributed by atoms with Gasteiger partial charge >= 0.3 is 0 Å². The van der Waals surface area contributed by atoms with E-state index in [1.54, 1.807) is 12.1 Å². The largest absolute Gasteiger partial charge is 0.375 e. The first kappa shape index (κ1) is 9.92. The van der Waals surface area contributed by atoms with Gasteiger partial charge in [-0.3, -0.25) is 4.79 Å². The number of amides is 1. The molecule has 2 rings (SSSR count). The Balaban J connectivity index is 2.17. The Kier molecular flexibility index (Phi) is 2.32. The number of anilines is 1. The average molecular weight is 210 g/mol. The van der Waals surface area contributed by atoms with Crippen LogP contribution in [-0.4, -0.2) is 24.7 Å². The van der Waals surface area contributed by atoms with Crippen LogP contribution >= 0.6 is 0 Å². The van der Waals surface area contributed by atoms with Crippen molar-refractivity contribution in [1.82, 2.24) is 0 Å². The van der Waals surface area contributed by atoms with Gasteiger partial charge in [0.15, 0.2) is 5.54 Å². The molecule has 0 spiro atoms. The van der Waals surface area contributed by atoms with Crippen molar-refractivity contribution in [2.24, 2.45) is 5.73 Å². The molecular formula is C10H11FN2O2. The lowest BCUT2D eigenvalue weighted by Crippen LogP contribution is -2.64. The fourth-order valence-electron chi connectivity index (χ4n) is 1.42. The van der Waals surface area contributed by atoms with E-state index >= 15 is 0 Å². The number of carbonyl (C=O) groups is 1. The molecule has 1 saturated heterocycles. The molecule has 0 aliphatic carbocycles. The highest BCUT2D eigenvalue weighted by Gasteiger charge is 2.44. The predicted molar refractivity (Wildman–Crippen MR) is 52.8 cm³/mol. The number of carbonyl (C=O) groups excluding carboxylic acids is 1. The number of hydrogen-bond donors (Lipinski definition) is 2. The number of nitrogens with one attached hydrogen (secondary N) is 1. The Morgan fingerprint density at radius 1 is 1.53 bits per heavy atom. The lowest BCUT2D eigenvalue weighted by atomic mass is 9.96. The SMILES string of the molecule is NC(=O)C1(Nc2cccc(F)c2)COC1. The van der Waals surface area contributed by atoms with Crippen molar-refractivity contribution < 1.29 is 13.9 Å². The molecule has 1 amide bonds. The molecule has 3 N–H and O–H groups in total. The number of halogens is 1. The lowest BCUT2D eigenvalue weighted by molar-refractivity contribution is -0.137. The number of benzene rings is 1. The van der Waals surface area contributed by atoms with E-state index in [0.29, 0.717) is 5.69 Å². The van der Waals surface area contributed by atoms with Crippen LogP contribution in [0.3, 0.4) is 0 Å². The van der Waals surface area contributed by atoms with Crippen LogP contribution in [0.1, 0.15) is 0 Å². The van der Waals surface area contributed by atoms with E-state index < -0.39 is 11.4 Å². The van der Waals surface area contributed by atoms with Gasteiger partial charge in [-0.1, -0.05) is 6.07 Å². The van der Waals surface area contributed by atoms with E-state index in [0.717, 1.165) is 0 Å². The highest BCUT2D eigenvalue weighted by atomic mass is 19.1. The summed E-state index contributed by atoms with van der Waals surface area (Å²) in [6.07, 6.45) is 0. The molecule has 0 atom stereocenters. The first-order valence-corrected chi connectivity index (χ1v) is 4.54. The standard InChI is InChI=1S/C10H11FN2O2/c11-7-2-1-3-8(4-7)13-10(9(12)14)5-15-6-10/h1-4,13H,5-6H2,(H2,12,14). The maximum Gasteiger partial charge on any atom is 0.247 e. The summed E-state index contributed by atoms with van der Waals surface area (Å²) in [7, 11) is 0. The van der Waals surface area contributed by atoms with Crippen molar-refractivity contribution in [3.8, 4) is 0 Å². The van der Waals surface area contributed by atoms with Gasteiger partial charge in [-0.2, -0.15) is 0 Å². The smallest absolute Gasteiger partial charge is 0.247 e. The maximum atomic E-state index is 12.9. The number of ether oxygens (including phenoxy) is 1. The van der Waals surface area contributed by atoms with Crippen LogP contribution in [0.5, 0.6) is 0 Å². The fraction of sp³-hybridized carbons (Fsp3) is 0.300. The third kappa shape index (κ3) is 1.78. The molecule has 15 heavy (non-hydrogen) atoms. The van der Waals surface area contributed by atoms with Crippen molar-refractivity contribution in [2.45, 2.75) is 5.54 Å². The Morgan fingerprint density at radius 2 is 2.27 bits per heavy atom. The predicted octanol–water partition coefficient (Wildman–Crippen LogP) is 0.492. The summed E-state index contributed by atoms with van der Waals surface area (Å²) in [6.45, 7) is 0.442. The Bertz CT molecular complexity index is 391. The summed E-state index contributed by atoms with van der Waals surface area (Å²) in [5.74, 6) is -0.849. The van der Waals surface area contributed by atoms with E-state index in [9.17, 15) is 9.18 Å². The van der Waals surface area contributed by atoms with Gasteiger partial charge in [-0.15, -0.1) is 0 Å². The topological polar surface area (TPSA) is 64.4 Å². The lowest BCUT2D eigenvalue weighted by Gasteiger charge is -2.39. The molecule has 1 heterocycles. The number of hydrogen-bond acceptors (Lipinski definition) is 3. The molecule has 0 aromatic heterocycles. The zero-order valence-electron chi connectivity index (χ0n) is 8.00. The Labute approximate surface area is 86.2 Å². The minimum Gasteiger partial charge on any atom is -0.375 e. The van der Waals surface area contributed by atoms with Gasteiger partial charge in [0.2, 0.25) is 5.91 Å². The van der Waals surface area contributed by atoms with Crippen LogP contribution in [0.4, 0.5) is 10.1 Å². The van der Waals surface area contributed by atoms with Gasteiger partial charge in [0.05, 0.1) is 13.2 Å². The molecule has 1 fully saturated rings. The zero-order valence-corrected chi connectivity index (χ0v) is 8.00. The molecule has 5 heteroatoms. The second-order valence-corrected chi connectivity index (χ2v) is 3.57. The molecule has 4 nitrogen and oxygen atoms in total. The normalized spacial score (nSPS) is 17.9. The van der Waals surface area contributed by atoms with E-state index in [1.165, 1.54) is 12.1 Å². The highest BCUT2D eigenvalue weighted by molar-refractivity contribution is 5.89. The van der Waals surface area contributed by atoms with E-state index in [2.05, 4.69) is 5.32 Å². The summed E-state index contributed by atoms with van der Waals surface area (Å²) in [6, 6.07) is 5.88. The van der Waals surface area contributed by atoms with Gasteiger partial charge in [-0.25, -0.2) is 4.39 Å². The number of primary amides is 1. The van der Waals surface area contributed by atoms with Crippen LogP contribution in [0, 0.1) is 5.82 Å². The second-order valence-electron chi connectivity index (χ2n) is 3.57. The molecule has 0 saturated carbocycles. The molecule has 1 aromatic carbocycles. The summed E-state index contributed by atoms with van der Waals surface area (Å²) in [5, 5.41) is 2.89. The van der Waals surface area contributed by atoms with E-state index in [4.69, 9.17) is 10.5 Å². The van der Waals surface area contributed by atoms with Crippen LogP contribution in [0.2, 0.25) is 0 Å². The minimum absolute atomic E-state index is 0.221. The van der Waals surface area contributed by atoms with Gasteiger partial charge in [0.25, 0.3) is 0 Å². The summed E-state index contributed by atoms with van der Waals surface area (Å²) < 4.78 is 17.8. The molecule has 80 valence electrons. The van der Waals surface area contributed by atoms with Crippen molar-refractivity contribution in [3.63, 3.8) is 0 Å². The second kappa shape index (κ2) is 3.51. The number of nitrogens with two attached hydrogens (primary N) is 1. The maximum absolute atomic E-state index is 12.9. The van der Waals surface area contributed by atoms with Crippen molar-refractivity contribution in [3.05, 3.63) is 30.1 Å². The van der Waals surface area contributed by atoms with E-state index in [1.807, 2.05) is 0 Å². The van der Waals surface area contributed by atoms with Crippen LogP contribution in [0.15, 0.2) is 24.3 Å². The van der Waals surface area contributed by atoms with Crippen LogP contribution < -0.4 is 11.1 Å². The van der Waals surface area contributed by atoms with Crippen molar-refractivity contribution in [2.75, 3.05) is 18.5 Å². The van der Waals surface area contributed by atoms with Crippen LogP contribution in [-0.2, 0) is 9.53 Å². The third-order valence-corrected chi connectivity index (χ3v) is 2.38. The molecule has 1 aliphatic heterocycles. The number of rotatable bonds is 3. The van der Waals surface area contributed by atoms with Gasteiger partial charge in [0.1, 0.15) is 5.82 Å². The molecular weight excluding hydrogens is 199 g/mol. The van der Waals surface area contributed by atoms with Gasteiger partial charge < -0.3 is 15.8 Å². The quantitative estimate of drug-likeness (QED) is 0.763. The van der Waals surface area contributed by atoms with Crippen molar-refractivity contribution in [1.29, 1.82) is 0 Å². The Hall–Kier alpha value is -1.62. The fourth-order valence-corrected chi connectivity index (χ4v) is 1.42. The first-order chi connectivity index (χ1) is 7.12. The molecule has 1 aromatic rings. The third-order valence-electron chi connectivity index (χ3n) is 2.38.